The largest absolute Gasteiger partial charge is 0.497 e. The molecule has 1 fully saturated rings. The molecule has 1 saturated heterocycles. The van der Waals surface area contributed by atoms with E-state index in [9.17, 15) is 9.59 Å². The molecule has 1 atom stereocenters. The topological polar surface area (TPSA) is 89.1 Å². The van der Waals surface area contributed by atoms with Crippen molar-refractivity contribution in [1.82, 2.24) is 15.5 Å². The van der Waals surface area contributed by atoms with Gasteiger partial charge in [0.2, 0.25) is 11.8 Å². The van der Waals surface area contributed by atoms with Crippen molar-refractivity contribution in [2.45, 2.75) is 25.9 Å². The van der Waals surface area contributed by atoms with Gasteiger partial charge in [0.15, 0.2) is 0 Å². The maximum absolute atomic E-state index is 12.6. The van der Waals surface area contributed by atoms with Crippen molar-refractivity contribution >= 4 is 11.8 Å². The Morgan fingerprint density at radius 3 is 2.55 bits per heavy atom. The van der Waals surface area contributed by atoms with Crippen LogP contribution in [0.4, 0.5) is 0 Å². The molecule has 178 valence electrons. The fraction of sp³-hybridized carbons (Fsp3) is 0.440. The third-order valence-electron chi connectivity index (χ3n) is 5.45. The lowest BCUT2D eigenvalue weighted by molar-refractivity contribution is -0.122. The normalized spacial score (nSPS) is 14.8. The minimum absolute atomic E-state index is 0.141. The van der Waals surface area contributed by atoms with E-state index < -0.39 is 6.04 Å². The Bertz CT molecular complexity index is 897. The molecular formula is C25H33N3O5. The summed E-state index contributed by atoms with van der Waals surface area (Å²) in [5.41, 5.74) is 1.80. The molecule has 2 aromatic rings. The zero-order chi connectivity index (χ0) is 23.5. The fourth-order valence-electron chi connectivity index (χ4n) is 3.65. The van der Waals surface area contributed by atoms with E-state index in [2.05, 4.69) is 15.5 Å². The van der Waals surface area contributed by atoms with Crippen LogP contribution in [0.25, 0.3) is 0 Å². The highest BCUT2D eigenvalue weighted by atomic mass is 16.5. The SMILES string of the molecule is COc1ccc(C(CC(=O)NCc2cccc(OCCN3CCOCC3)c2)NC(C)=O)cc1. The second kappa shape index (κ2) is 12.8. The summed E-state index contributed by atoms with van der Waals surface area (Å²) in [7, 11) is 1.60. The smallest absolute Gasteiger partial charge is 0.222 e. The van der Waals surface area contributed by atoms with Crippen LogP contribution in [0.5, 0.6) is 11.5 Å². The van der Waals surface area contributed by atoms with Crippen molar-refractivity contribution in [1.29, 1.82) is 0 Å². The number of amides is 2. The number of nitrogens with zero attached hydrogens (tertiary/aromatic N) is 1. The highest BCUT2D eigenvalue weighted by Crippen LogP contribution is 2.21. The zero-order valence-corrected chi connectivity index (χ0v) is 19.3. The van der Waals surface area contributed by atoms with Crippen molar-refractivity contribution in [2.24, 2.45) is 0 Å². The minimum atomic E-state index is -0.414. The lowest BCUT2D eigenvalue weighted by atomic mass is 10.0. The van der Waals surface area contributed by atoms with Crippen molar-refractivity contribution in [3.63, 3.8) is 0 Å². The summed E-state index contributed by atoms with van der Waals surface area (Å²) in [5, 5.41) is 5.79. The van der Waals surface area contributed by atoms with Gasteiger partial charge >= 0.3 is 0 Å². The van der Waals surface area contributed by atoms with Gasteiger partial charge in [-0.05, 0) is 35.4 Å². The highest BCUT2D eigenvalue weighted by molar-refractivity contribution is 5.79. The maximum atomic E-state index is 12.6. The van der Waals surface area contributed by atoms with E-state index in [1.165, 1.54) is 6.92 Å². The first kappa shape index (κ1) is 24.5. The lowest BCUT2D eigenvalue weighted by Crippen LogP contribution is -2.38. The number of morpholine rings is 1. The fourth-order valence-corrected chi connectivity index (χ4v) is 3.65. The Kier molecular flexibility index (Phi) is 9.53. The maximum Gasteiger partial charge on any atom is 0.222 e. The first-order chi connectivity index (χ1) is 16.0. The summed E-state index contributed by atoms with van der Waals surface area (Å²) < 4.78 is 16.4. The number of hydrogen-bond acceptors (Lipinski definition) is 6. The van der Waals surface area contributed by atoms with Gasteiger partial charge in [-0.15, -0.1) is 0 Å². The van der Waals surface area contributed by atoms with Gasteiger partial charge in [-0.3, -0.25) is 14.5 Å². The van der Waals surface area contributed by atoms with E-state index in [4.69, 9.17) is 14.2 Å². The summed E-state index contributed by atoms with van der Waals surface area (Å²) in [6, 6.07) is 14.6. The second-order valence-electron chi connectivity index (χ2n) is 7.96. The molecular weight excluding hydrogens is 422 g/mol. The third-order valence-corrected chi connectivity index (χ3v) is 5.45. The van der Waals surface area contributed by atoms with Gasteiger partial charge in [0.05, 0.1) is 32.8 Å². The van der Waals surface area contributed by atoms with Crippen LogP contribution in [0.15, 0.2) is 48.5 Å². The van der Waals surface area contributed by atoms with E-state index in [1.54, 1.807) is 7.11 Å². The van der Waals surface area contributed by atoms with Gasteiger partial charge in [-0.1, -0.05) is 24.3 Å². The number of nitrogens with one attached hydrogen (secondary N) is 2. The average Bonchev–Trinajstić information content (AvgIpc) is 2.83. The van der Waals surface area contributed by atoms with Crippen LogP contribution < -0.4 is 20.1 Å². The molecule has 0 aliphatic carbocycles. The van der Waals surface area contributed by atoms with Crippen LogP contribution in [0.3, 0.4) is 0 Å². The summed E-state index contributed by atoms with van der Waals surface area (Å²) in [4.78, 5) is 26.6. The Labute approximate surface area is 195 Å². The van der Waals surface area contributed by atoms with E-state index in [1.807, 2.05) is 48.5 Å². The quantitative estimate of drug-likeness (QED) is 0.541. The molecule has 1 aliphatic heterocycles. The summed E-state index contributed by atoms with van der Waals surface area (Å²) in [5.74, 6) is 1.16. The number of ether oxygens (including phenoxy) is 3. The third kappa shape index (κ3) is 8.40. The van der Waals surface area contributed by atoms with E-state index in [0.717, 1.165) is 55.5 Å². The molecule has 0 bridgehead atoms. The highest BCUT2D eigenvalue weighted by Gasteiger charge is 2.17. The van der Waals surface area contributed by atoms with E-state index >= 15 is 0 Å². The number of hydrogen-bond donors (Lipinski definition) is 2. The van der Waals surface area contributed by atoms with Gasteiger partial charge in [0, 0.05) is 33.1 Å². The predicted octanol–water partition coefficient (Wildman–Crippen LogP) is 2.29. The molecule has 2 aromatic carbocycles. The van der Waals surface area contributed by atoms with Crippen LogP contribution in [0.2, 0.25) is 0 Å². The van der Waals surface area contributed by atoms with Crippen LogP contribution in [0, 0.1) is 0 Å². The Hall–Kier alpha value is -3.10. The molecule has 0 aromatic heterocycles. The molecule has 2 N–H and O–H groups in total. The average molecular weight is 456 g/mol. The summed E-state index contributed by atoms with van der Waals surface area (Å²) in [6.45, 7) is 6.72. The molecule has 1 unspecified atom stereocenters. The Morgan fingerprint density at radius 2 is 1.85 bits per heavy atom. The number of methoxy groups -OCH3 is 1. The first-order valence-corrected chi connectivity index (χ1v) is 11.2. The monoisotopic (exact) mass is 455 g/mol. The molecule has 33 heavy (non-hydrogen) atoms. The molecule has 2 amide bonds. The molecule has 3 rings (SSSR count). The van der Waals surface area contributed by atoms with Gasteiger partial charge in [-0.25, -0.2) is 0 Å². The van der Waals surface area contributed by atoms with Gasteiger partial charge in [0.1, 0.15) is 18.1 Å². The van der Waals surface area contributed by atoms with Crippen LogP contribution >= 0.6 is 0 Å². The number of benzene rings is 2. The lowest BCUT2D eigenvalue weighted by Gasteiger charge is -2.26. The van der Waals surface area contributed by atoms with E-state index in [-0.39, 0.29) is 18.2 Å². The van der Waals surface area contributed by atoms with Crippen LogP contribution in [-0.4, -0.2) is 63.3 Å². The van der Waals surface area contributed by atoms with Crippen molar-refractivity contribution in [3.8, 4) is 11.5 Å². The minimum Gasteiger partial charge on any atom is -0.497 e. The standard InChI is InChI=1S/C25H33N3O5/c1-19(29)27-24(21-6-8-22(31-2)9-7-21)17-25(30)26-18-20-4-3-5-23(16-20)33-15-12-28-10-13-32-14-11-28/h3-9,16,24H,10-15,17-18H2,1-2H3,(H,26,30)(H,27,29). The number of carbonyl (C=O) groups excluding carboxylic acids is 2. The molecule has 0 radical (unpaired) electrons. The summed E-state index contributed by atoms with van der Waals surface area (Å²) >= 11 is 0. The molecule has 8 heteroatoms. The number of carbonyl (C=O) groups is 2. The van der Waals surface area contributed by atoms with E-state index in [0.29, 0.717) is 13.2 Å². The zero-order valence-electron chi connectivity index (χ0n) is 19.3. The van der Waals surface area contributed by atoms with Crippen molar-refractivity contribution < 1.29 is 23.8 Å². The Balaban J connectivity index is 1.48. The van der Waals surface area contributed by atoms with Gasteiger partial charge < -0.3 is 24.8 Å². The van der Waals surface area contributed by atoms with Crippen molar-refractivity contribution in [2.75, 3.05) is 46.6 Å². The Morgan fingerprint density at radius 1 is 1.09 bits per heavy atom. The van der Waals surface area contributed by atoms with Gasteiger partial charge in [0.25, 0.3) is 0 Å². The van der Waals surface area contributed by atoms with Crippen LogP contribution in [0.1, 0.15) is 30.5 Å². The molecule has 8 nitrogen and oxygen atoms in total. The predicted molar refractivity (Wildman–Crippen MR) is 125 cm³/mol. The molecule has 1 aliphatic rings. The molecule has 0 spiro atoms. The summed E-state index contributed by atoms with van der Waals surface area (Å²) in [6.07, 6.45) is 0.141. The van der Waals surface area contributed by atoms with Crippen LogP contribution in [-0.2, 0) is 20.9 Å². The number of rotatable bonds is 11. The first-order valence-electron chi connectivity index (χ1n) is 11.2. The second-order valence-corrected chi connectivity index (χ2v) is 7.96. The van der Waals surface area contributed by atoms with Crippen molar-refractivity contribution in [3.05, 3.63) is 59.7 Å². The molecule has 0 saturated carbocycles. The van der Waals surface area contributed by atoms with Gasteiger partial charge in [-0.2, -0.15) is 0 Å². The molecule has 1 heterocycles.